The van der Waals surface area contributed by atoms with Crippen LogP contribution in [0.5, 0.6) is 0 Å². The number of carbonyl (C=O) groups is 9. The molecule has 0 bridgehead atoms. The van der Waals surface area contributed by atoms with E-state index in [0.29, 0.717) is 0 Å². The van der Waals surface area contributed by atoms with Gasteiger partial charge in [0.05, 0.1) is 18.4 Å². The Labute approximate surface area is 340 Å². The molecule has 6 amide bonds. The molecule has 9 N–H and O–H groups in total. The Kier molecular flexibility index (Phi) is 18.9. The van der Waals surface area contributed by atoms with E-state index in [2.05, 4.69) is 31.9 Å². The summed E-state index contributed by atoms with van der Waals surface area (Å²) in [6.45, 7) is 8.53. The number of halogens is 6. The van der Waals surface area contributed by atoms with Crippen LogP contribution in [-0.4, -0.2) is 105 Å². The number of carboxylic acid groups (broad SMARTS) is 3. The molecule has 0 aliphatic carbocycles. The number of fused-ring (bicyclic) bond motifs is 1. The molecule has 26 heteroatoms. The molecule has 0 unspecified atom stereocenters. The smallest absolute Gasteiger partial charge is 0.481 e. The number of hydrogen-bond acceptors (Lipinski definition) is 11. The van der Waals surface area contributed by atoms with Crippen molar-refractivity contribution in [3.05, 3.63) is 40.2 Å². The molecule has 1 aromatic heterocycles. The molecule has 20 nitrogen and oxygen atoms in total. The van der Waals surface area contributed by atoms with Gasteiger partial charge in [0.2, 0.25) is 35.4 Å². The third-order valence-electron chi connectivity index (χ3n) is 7.89. The van der Waals surface area contributed by atoms with Crippen molar-refractivity contribution < 1.29 is 89.2 Å². The van der Waals surface area contributed by atoms with Crippen LogP contribution in [0.4, 0.5) is 32.0 Å². The van der Waals surface area contributed by atoms with Crippen molar-refractivity contribution in [3.8, 4) is 0 Å². The van der Waals surface area contributed by atoms with Crippen molar-refractivity contribution >= 4 is 70.0 Å². The quantitative estimate of drug-likeness (QED) is 0.0795. The number of carbonyl (C=O) groups excluding carboxylic acids is 6. The van der Waals surface area contributed by atoms with Crippen LogP contribution >= 0.6 is 0 Å². The van der Waals surface area contributed by atoms with Crippen LogP contribution in [0.25, 0.3) is 11.0 Å². The van der Waals surface area contributed by atoms with Crippen LogP contribution in [0.15, 0.2) is 33.5 Å². The summed E-state index contributed by atoms with van der Waals surface area (Å²) >= 11 is 0. The first-order chi connectivity index (χ1) is 27.8. The second kappa shape index (κ2) is 22.0. The van der Waals surface area contributed by atoms with Gasteiger partial charge in [-0.3, -0.25) is 38.4 Å². The van der Waals surface area contributed by atoms with Gasteiger partial charge in [-0.25, -0.2) is 9.59 Å². The number of alkyl halides is 6. The number of hydrogen-bond donors (Lipinski definition) is 9. The molecule has 0 spiro atoms. The van der Waals surface area contributed by atoms with E-state index in [-0.39, 0.29) is 11.8 Å². The highest BCUT2D eigenvalue weighted by Crippen LogP contribution is 2.34. The summed E-state index contributed by atoms with van der Waals surface area (Å²) in [6.07, 6.45) is -11.9. The Bertz CT molecular complexity index is 2050. The van der Waals surface area contributed by atoms with Crippen LogP contribution in [0.3, 0.4) is 0 Å². The predicted octanol–water partition coefficient (Wildman–Crippen LogP) is 1.11. The maximum atomic E-state index is 13.4. The standard InChI is InChI=1S/C33H41F3N6O12.C2HF3O2/c1-13(2)26(38-16(6)43)32(53)41-21(12-24(46)47)30(51)42-27(14(3)4)31(52)37-15(5)28(49)40-20(11-23(44)45)29(50)39-17-7-8-18-19(33(34,35)36)10-25(48)54-22(18)9-17;3-2(4,5)1(6)7/h7-10,13-15,20-21,26-27H,11-12H2,1-6H3,(H,37,52)(H,38,43)(H,39,50)(H,40,49)(H,41,53)(H,42,51)(H,44,45)(H,46,47);(H,6,7)/t15-,20-,21-,26-,27-;/m0./s1. The largest absolute Gasteiger partial charge is 0.490 e. The summed E-state index contributed by atoms with van der Waals surface area (Å²) in [5.74, 6) is -12.6. The van der Waals surface area contributed by atoms with Crippen LogP contribution in [0.2, 0.25) is 0 Å². The SMILES string of the molecule is CC(=O)N[C@H](C(=O)N[C@@H](CC(=O)O)C(=O)N[C@H](C(=O)N[C@@H](C)C(=O)N[C@@H](CC(=O)O)C(=O)Nc1ccc2c(C(F)(F)F)cc(=O)oc2c1)C(C)C)C(C)C.O=C(O)C(F)(F)F. The van der Waals surface area contributed by atoms with E-state index in [4.69, 9.17) is 14.3 Å². The maximum absolute atomic E-state index is 13.4. The number of aliphatic carboxylic acids is 3. The summed E-state index contributed by atoms with van der Waals surface area (Å²) in [5.41, 5.74) is -3.38. The zero-order valence-electron chi connectivity index (χ0n) is 32.9. The van der Waals surface area contributed by atoms with Gasteiger partial charge in [0.25, 0.3) is 0 Å². The Balaban J connectivity index is 0.00000243. The van der Waals surface area contributed by atoms with Crippen molar-refractivity contribution in [1.82, 2.24) is 26.6 Å². The Morgan fingerprint density at radius 3 is 1.54 bits per heavy atom. The van der Waals surface area contributed by atoms with Gasteiger partial charge in [-0.15, -0.1) is 0 Å². The first-order valence-electron chi connectivity index (χ1n) is 17.5. The van der Waals surface area contributed by atoms with E-state index >= 15 is 0 Å². The highest BCUT2D eigenvalue weighted by molar-refractivity contribution is 6.02. The number of nitrogens with one attached hydrogen (secondary N) is 6. The van der Waals surface area contributed by atoms with Gasteiger partial charge < -0.3 is 51.6 Å². The van der Waals surface area contributed by atoms with Gasteiger partial charge in [-0.2, -0.15) is 26.3 Å². The third-order valence-corrected chi connectivity index (χ3v) is 7.89. The second-order valence-electron chi connectivity index (χ2n) is 13.7. The minimum atomic E-state index is -5.08. The van der Waals surface area contributed by atoms with Gasteiger partial charge in [0.15, 0.2) is 0 Å². The van der Waals surface area contributed by atoms with Crippen LogP contribution in [0, 0.1) is 11.8 Å². The first kappa shape index (κ1) is 52.3. The number of amides is 6. The normalized spacial score (nSPS) is 13.9. The zero-order valence-corrected chi connectivity index (χ0v) is 32.9. The molecule has 2 rings (SSSR count). The fraction of sp³-hybridized carbons (Fsp3) is 0.486. The highest BCUT2D eigenvalue weighted by Gasteiger charge is 2.39. The van der Waals surface area contributed by atoms with E-state index in [1.165, 1.54) is 13.8 Å². The Hall–Kier alpha value is -6.76. The molecule has 0 saturated heterocycles. The van der Waals surface area contributed by atoms with Crippen molar-refractivity contribution in [2.45, 2.75) is 96.9 Å². The lowest BCUT2D eigenvalue weighted by molar-refractivity contribution is -0.192. The van der Waals surface area contributed by atoms with Crippen molar-refractivity contribution in [2.75, 3.05) is 5.32 Å². The van der Waals surface area contributed by atoms with Crippen molar-refractivity contribution in [3.63, 3.8) is 0 Å². The molecule has 0 aliphatic rings. The molecule has 2 aromatic rings. The van der Waals surface area contributed by atoms with Gasteiger partial charge in [0, 0.05) is 30.1 Å². The van der Waals surface area contributed by atoms with Gasteiger partial charge in [0.1, 0.15) is 35.8 Å². The van der Waals surface area contributed by atoms with Gasteiger partial charge >= 0.3 is 35.9 Å². The molecule has 5 atom stereocenters. The lowest BCUT2D eigenvalue weighted by Crippen LogP contribution is -2.60. The third kappa shape index (κ3) is 17.2. The lowest BCUT2D eigenvalue weighted by Gasteiger charge is -2.28. The minimum absolute atomic E-state index is 0.219. The van der Waals surface area contributed by atoms with Crippen LogP contribution in [-0.2, 0) is 49.3 Å². The fourth-order valence-corrected chi connectivity index (χ4v) is 4.94. The first-order valence-corrected chi connectivity index (χ1v) is 17.5. The monoisotopic (exact) mass is 884 g/mol. The molecule has 0 radical (unpaired) electrons. The molecular weight excluding hydrogens is 842 g/mol. The summed E-state index contributed by atoms with van der Waals surface area (Å²) < 4.78 is 76.8. The van der Waals surface area contributed by atoms with Gasteiger partial charge in [-0.1, -0.05) is 27.7 Å². The lowest BCUT2D eigenvalue weighted by atomic mass is 10.0. The van der Waals surface area contributed by atoms with E-state index < -0.39 is 143 Å². The van der Waals surface area contributed by atoms with Crippen LogP contribution in [0.1, 0.15) is 59.9 Å². The molecule has 1 aromatic carbocycles. The number of benzene rings is 1. The van der Waals surface area contributed by atoms with E-state index in [0.717, 1.165) is 32.0 Å². The molecule has 61 heavy (non-hydrogen) atoms. The summed E-state index contributed by atoms with van der Waals surface area (Å²) in [4.78, 5) is 121. The topological polar surface area (TPSA) is 317 Å². The number of rotatable bonds is 17. The number of anilines is 1. The summed E-state index contributed by atoms with van der Waals surface area (Å²) in [7, 11) is 0. The Morgan fingerprint density at radius 2 is 1.10 bits per heavy atom. The molecule has 0 saturated carbocycles. The van der Waals surface area contributed by atoms with Gasteiger partial charge in [-0.05, 0) is 30.9 Å². The average molecular weight is 885 g/mol. The molecule has 0 aliphatic heterocycles. The molecular formula is C35H42F6N6O14. The Morgan fingerprint density at radius 1 is 0.639 bits per heavy atom. The average Bonchev–Trinajstić information content (AvgIpc) is 3.10. The molecule has 0 fully saturated rings. The molecule has 1 heterocycles. The maximum Gasteiger partial charge on any atom is 0.490 e. The van der Waals surface area contributed by atoms with E-state index in [1.807, 2.05) is 0 Å². The summed E-state index contributed by atoms with van der Waals surface area (Å²) in [6, 6.07) is -4.42. The highest BCUT2D eigenvalue weighted by atomic mass is 19.4. The van der Waals surface area contributed by atoms with Crippen LogP contribution < -0.4 is 37.5 Å². The zero-order chi connectivity index (χ0) is 47.3. The van der Waals surface area contributed by atoms with E-state index in [1.54, 1.807) is 13.8 Å². The minimum Gasteiger partial charge on any atom is -0.481 e. The number of carboxylic acids is 3. The van der Waals surface area contributed by atoms with Crippen molar-refractivity contribution in [2.24, 2.45) is 11.8 Å². The van der Waals surface area contributed by atoms with Crippen molar-refractivity contribution in [1.29, 1.82) is 0 Å². The van der Waals surface area contributed by atoms with E-state index in [9.17, 15) is 79.7 Å². The fourth-order valence-electron chi connectivity index (χ4n) is 4.94. The molecule has 338 valence electrons. The second-order valence-corrected chi connectivity index (χ2v) is 13.7. The predicted molar refractivity (Wildman–Crippen MR) is 195 cm³/mol. The summed E-state index contributed by atoms with van der Waals surface area (Å²) in [5, 5.41) is 39.1.